The quantitative estimate of drug-likeness (QED) is 0.159. The van der Waals surface area contributed by atoms with Crippen molar-refractivity contribution in [2.75, 3.05) is 0 Å². The van der Waals surface area contributed by atoms with E-state index in [0.717, 1.165) is 72.4 Å². The van der Waals surface area contributed by atoms with E-state index in [1.807, 2.05) is 54.5 Å². The largest absolute Gasteiger partial charge is 0.457 e. The highest BCUT2D eigenvalue weighted by Crippen LogP contribution is 2.55. The van der Waals surface area contributed by atoms with Crippen LogP contribution in [0.5, 0.6) is 11.5 Å². The van der Waals surface area contributed by atoms with Gasteiger partial charge in [0, 0.05) is 55.5 Å². The van der Waals surface area contributed by atoms with Crippen LogP contribution in [0.2, 0.25) is 0 Å². The summed E-state index contributed by atoms with van der Waals surface area (Å²) in [6, 6.07) is 73.3. The van der Waals surface area contributed by atoms with E-state index in [1.54, 1.807) is 12.1 Å². The zero-order valence-electron chi connectivity index (χ0n) is 40.0. The molecule has 0 amide bonds. The Morgan fingerprint density at radius 2 is 1.17 bits per heavy atom. The van der Waals surface area contributed by atoms with E-state index in [9.17, 15) is 4.39 Å². The highest BCUT2D eigenvalue weighted by molar-refractivity contribution is 7.99. The van der Waals surface area contributed by atoms with Crippen LogP contribution in [0.4, 0.5) is 4.39 Å². The number of nitrogens with zero attached hydrogens (tertiary/aromatic N) is 2. The second-order valence-electron chi connectivity index (χ2n) is 19.9. The summed E-state index contributed by atoms with van der Waals surface area (Å²) in [5.74, 6) is 1.49. The summed E-state index contributed by atoms with van der Waals surface area (Å²) in [5, 5.41) is 2.30. The van der Waals surface area contributed by atoms with E-state index in [-0.39, 0.29) is 17.2 Å². The summed E-state index contributed by atoms with van der Waals surface area (Å²) in [6.45, 7) is 9.25. The summed E-state index contributed by atoms with van der Waals surface area (Å²) >= 11 is 1.88. The van der Waals surface area contributed by atoms with Crippen molar-refractivity contribution in [3.05, 3.63) is 252 Å². The molecule has 342 valence electrons. The van der Waals surface area contributed by atoms with Gasteiger partial charge in [-0.25, -0.2) is 4.39 Å². The Morgan fingerprint density at radius 1 is 0.493 bits per heavy atom. The molecular formula is C66H49FN2OS. The van der Waals surface area contributed by atoms with Crippen LogP contribution >= 0.6 is 11.8 Å². The molecule has 2 atom stereocenters. The maximum absolute atomic E-state index is 14.9. The average Bonchev–Trinajstić information content (AvgIpc) is 3.81. The van der Waals surface area contributed by atoms with E-state index in [1.165, 1.54) is 48.7 Å². The first kappa shape index (κ1) is 43.1. The second-order valence-corrected chi connectivity index (χ2v) is 21.0. The lowest BCUT2D eigenvalue weighted by atomic mass is 9.65. The van der Waals surface area contributed by atoms with Gasteiger partial charge in [0.05, 0.1) is 11.0 Å². The van der Waals surface area contributed by atoms with Gasteiger partial charge in [0.25, 0.3) is 0 Å². The molecule has 13 rings (SSSR count). The maximum atomic E-state index is 14.9. The minimum absolute atomic E-state index is 0.173. The van der Waals surface area contributed by atoms with Crippen molar-refractivity contribution in [1.29, 1.82) is 0 Å². The summed E-state index contributed by atoms with van der Waals surface area (Å²) in [4.78, 5) is 6.83. The Labute approximate surface area is 418 Å². The summed E-state index contributed by atoms with van der Waals surface area (Å²) in [6.07, 6.45) is 3.73. The van der Waals surface area contributed by atoms with Crippen molar-refractivity contribution in [3.8, 4) is 61.7 Å². The van der Waals surface area contributed by atoms with Crippen molar-refractivity contribution in [2.45, 2.75) is 54.2 Å². The highest BCUT2D eigenvalue weighted by atomic mass is 32.2. The standard InChI is InChI=1S/C66H49FN2OS/c1-41-53-27-22-47(36-64(53)71-63-19-9-8-18-58(63)66(41,4)48-15-10-14-45(34-48)44-30-32-68-33-31-44)46-23-29-61-56(35-46)57-39-55-54-28-24-49(67)37-59(54)65(2,3)60(55)40-62(57)69(61)50-16-11-17-52(38-50)70-51-25-20-43(21-26-51)42-12-6-5-7-13-42/h5-41H,1-4H3. The Hall–Kier alpha value is -7.99. The van der Waals surface area contributed by atoms with Gasteiger partial charge in [0.2, 0.25) is 0 Å². The number of ether oxygens (including phenoxy) is 1. The third-order valence-corrected chi connectivity index (χ3v) is 16.8. The van der Waals surface area contributed by atoms with Gasteiger partial charge >= 0.3 is 0 Å². The van der Waals surface area contributed by atoms with Gasteiger partial charge in [0.1, 0.15) is 17.3 Å². The minimum atomic E-state index is -0.391. The lowest BCUT2D eigenvalue weighted by molar-refractivity contribution is 0.464. The van der Waals surface area contributed by atoms with Gasteiger partial charge < -0.3 is 9.30 Å². The monoisotopic (exact) mass is 936 g/mol. The van der Waals surface area contributed by atoms with Crippen LogP contribution in [-0.2, 0) is 10.8 Å². The molecule has 9 aromatic carbocycles. The molecule has 5 heteroatoms. The summed E-state index contributed by atoms with van der Waals surface area (Å²) < 4.78 is 23.9. The van der Waals surface area contributed by atoms with Gasteiger partial charge in [-0.15, -0.1) is 0 Å². The molecule has 0 spiro atoms. The third-order valence-electron chi connectivity index (χ3n) is 15.6. The second kappa shape index (κ2) is 16.6. The van der Waals surface area contributed by atoms with Crippen LogP contribution in [0.25, 0.3) is 72.0 Å². The third kappa shape index (κ3) is 7.05. The molecule has 2 aliphatic rings. The number of hydrogen-bond acceptors (Lipinski definition) is 3. The summed E-state index contributed by atoms with van der Waals surface area (Å²) in [5.41, 5.74) is 17.9. The van der Waals surface area contributed by atoms with Gasteiger partial charge in [-0.05, 0) is 163 Å². The lowest BCUT2D eigenvalue weighted by Crippen LogP contribution is -2.30. The van der Waals surface area contributed by atoms with Crippen LogP contribution in [0.1, 0.15) is 61.4 Å². The van der Waals surface area contributed by atoms with E-state index < -0.39 is 5.41 Å². The van der Waals surface area contributed by atoms with E-state index >= 15 is 0 Å². The molecule has 2 unspecified atom stereocenters. The molecule has 0 radical (unpaired) electrons. The Kier molecular flexibility index (Phi) is 10.1. The van der Waals surface area contributed by atoms with Crippen molar-refractivity contribution in [2.24, 2.45) is 0 Å². The van der Waals surface area contributed by atoms with Gasteiger partial charge in [-0.2, -0.15) is 0 Å². The van der Waals surface area contributed by atoms with E-state index in [4.69, 9.17) is 4.74 Å². The number of hydrogen-bond donors (Lipinski definition) is 0. The normalized spacial score (nSPS) is 16.5. The minimum Gasteiger partial charge on any atom is -0.457 e. The Bertz CT molecular complexity index is 3900. The Balaban J connectivity index is 0.931. The molecule has 71 heavy (non-hydrogen) atoms. The van der Waals surface area contributed by atoms with Gasteiger partial charge in [-0.1, -0.05) is 155 Å². The molecule has 0 saturated carbocycles. The predicted molar refractivity (Wildman–Crippen MR) is 291 cm³/mol. The first-order valence-corrected chi connectivity index (χ1v) is 25.2. The number of rotatable bonds is 7. The molecule has 2 aromatic heterocycles. The van der Waals surface area contributed by atoms with Crippen molar-refractivity contribution in [3.63, 3.8) is 0 Å². The number of pyridine rings is 1. The smallest absolute Gasteiger partial charge is 0.129 e. The SMILES string of the molecule is CC1c2ccc(-c3ccc4c(c3)c3cc5c(cc3n4-c3cccc(Oc4ccc(-c6ccccc6)cc4)c3)C(C)(C)c3cc(F)ccc3-5)cc2Sc2ccccc2C1(C)c1cccc(-c2ccncc2)c1. The maximum Gasteiger partial charge on any atom is 0.129 e. The van der Waals surface area contributed by atoms with Crippen LogP contribution < -0.4 is 4.74 Å². The van der Waals surface area contributed by atoms with Crippen molar-refractivity contribution >= 4 is 33.6 Å². The zero-order valence-corrected chi connectivity index (χ0v) is 40.8. The van der Waals surface area contributed by atoms with Crippen LogP contribution in [0, 0.1) is 5.82 Å². The van der Waals surface area contributed by atoms with Crippen molar-refractivity contribution < 1.29 is 9.13 Å². The van der Waals surface area contributed by atoms with Crippen LogP contribution in [0.15, 0.2) is 228 Å². The first-order chi connectivity index (χ1) is 34.6. The van der Waals surface area contributed by atoms with Crippen LogP contribution in [0.3, 0.4) is 0 Å². The molecule has 3 nitrogen and oxygen atoms in total. The Morgan fingerprint density at radius 3 is 2.01 bits per heavy atom. The average molecular weight is 937 g/mol. The van der Waals surface area contributed by atoms with Crippen LogP contribution in [-0.4, -0.2) is 9.55 Å². The molecule has 0 saturated heterocycles. The molecule has 3 heterocycles. The molecule has 1 aliphatic carbocycles. The number of fused-ring (bicyclic) bond motifs is 8. The molecule has 0 N–H and O–H groups in total. The highest BCUT2D eigenvalue weighted by Gasteiger charge is 2.41. The fourth-order valence-electron chi connectivity index (χ4n) is 11.6. The number of aromatic nitrogens is 2. The molecule has 0 bridgehead atoms. The summed E-state index contributed by atoms with van der Waals surface area (Å²) in [7, 11) is 0. The fraction of sp³-hybridized carbons (Fsp3) is 0.106. The molecular weight excluding hydrogens is 888 g/mol. The zero-order chi connectivity index (χ0) is 48.0. The predicted octanol–water partition coefficient (Wildman–Crippen LogP) is 18.0. The van der Waals surface area contributed by atoms with E-state index in [2.05, 4.69) is 201 Å². The number of benzene rings is 9. The topological polar surface area (TPSA) is 27.1 Å². The van der Waals surface area contributed by atoms with Gasteiger partial charge in [0.15, 0.2) is 0 Å². The molecule has 0 fully saturated rings. The lowest BCUT2D eigenvalue weighted by Gasteiger charge is -2.37. The van der Waals surface area contributed by atoms with Crippen molar-refractivity contribution in [1.82, 2.24) is 9.55 Å². The molecule has 11 aromatic rings. The molecule has 1 aliphatic heterocycles. The van der Waals surface area contributed by atoms with E-state index in [0.29, 0.717) is 0 Å². The first-order valence-electron chi connectivity index (χ1n) is 24.4. The number of halogens is 1. The van der Waals surface area contributed by atoms with Gasteiger partial charge in [-0.3, -0.25) is 4.98 Å². The fourth-order valence-corrected chi connectivity index (χ4v) is 12.9.